The van der Waals surface area contributed by atoms with Crippen molar-refractivity contribution in [2.24, 2.45) is 0 Å². The van der Waals surface area contributed by atoms with E-state index >= 15 is 0 Å². The maximum Gasteiger partial charge on any atom is 0.122 e. The van der Waals surface area contributed by atoms with E-state index < -0.39 is 0 Å². The fourth-order valence-corrected chi connectivity index (χ4v) is 2.32. The molecule has 0 aromatic heterocycles. The van der Waals surface area contributed by atoms with Gasteiger partial charge in [0.1, 0.15) is 5.75 Å². The van der Waals surface area contributed by atoms with E-state index in [1.807, 2.05) is 6.07 Å². The zero-order valence-electron chi connectivity index (χ0n) is 9.08. The Morgan fingerprint density at radius 3 is 3.07 bits per heavy atom. The number of para-hydroxylation sites is 1. The van der Waals surface area contributed by atoms with Crippen LogP contribution in [0.5, 0.6) is 5.75 Å². The van der Waals surface area contributed by atoms with Crippen molar-refractivity contribution in [3.63, 3.8) is 0 Å². The van der Waals surface area contributed by atoms with E-state index in [0.29, 0.717) is 10.7 Å². The van der Waals surface area contributed by atoms with Crippen LogP contribution in [0.1, 0.15) is 37.7 Å². The zero-order valence-corrected chi connectivity index (χ0v) is 10.7. The summed E-state index contributed by atoms with van der Waals surface area (Å²) in [6.45, 7) is 3.08. The fraction of sp³-hybridized carbons (Fsp3) is 0.538. The van der Waals surface area contributed by atoms with Gasteiger partial charge in [-0.2, -0.15) is 0 Å². The van der Waals surface area contributed by atoms with Crippen molar-refractivity contribution in [1.82, 2.24) is 0 Å². The Kier molecular flexibility index (Phi) is 3.68. The van der Waals surface area contributed by atoms with Crippen LogP contribution in [0.3, 0.4) is 0 Å². The van der Waals surface area contributed by atoms with Gasteiger partial charge >= 0.3 is 0 Å². The molecule has 0 spiro atoms. The third-order valence-corrected chi connectivity index (χ3v) is 4.18. The third kappa shape index (κ3) is 2.54. The second kappa shape index (κ2) is 5.02. The van der Waals surface area contributed by atoms with Gasteiger partial charge in [-0.25, -0.2) is 0 Å². The van der Waals surface area contributed by atoms with Gasteiger partial charge in [0.15, 0.2) is 0 Å². The predicted molar refractivity (Wildman–Crippen MR) is 66.9 cm³/mol. The number of benzene rings is 1. The molecule has 15 heavy (non-hydrogen) atoms. The maximum absolute atomic E-state index is 5.66. The highest BCUT2D eigenvalue weighted by Crippen LogP contribution is 2.36. The van der Waals surface area contributed by atoms with Gasteiger partial charge in [0.05, 0.1) is 6.61 Å². The van der Waals surface area contributed by atoms with Gasteiger partial charge in [-0.1, -0.05) is 41.1 Å². The molecule has 2 unspecified atom stereocenters. The van der Waals surface area contributed by atoms with E-state index in [9.17, 15) is 0 Å². The van der Waals surface area contributed by atoms with E-state index in [2.05, 4.69) is 41.1 Å². The van der Waals surface area contributed by atoms with Gasteiger partial charge in [0.25, 0.3) is 0 Å². The number of rotatable bonds is 4. The molecule has 2 heteroatoms. The van der Waals surface area contributed by atoms with Crippen molar-refractivity contribution in [2.45, 2.75) is 36.9 Å². The molecule has 1 aliphatic rings. The van der Waals surface area contributed by atoms with Crippen LogP contribution in [0.2, 0.25) is 0 Å². The molecule has 0 amide bonds. The standard InChI is InChI=1S/C13H17BrO/c1-2-11(14)8-7-10-9-15-13-6-4-3-5-12(10)13/h3-6,10-11H,2,7-9H2,1H3. The Morgan fingerprint density at radius 1 is 1.47 bits per heavy atom. The van der Waals surface area contributed by atoms with E-state index in [-0.39, 0.29) is 0 Å². The Bertz CT molecular complexity index is 324. The van der Waals surface area contributed by atoms with Gasteiger partial charge in [-0.3, -0.25) is 0 Å². The van der Waals surface area contributed by atoms with Crippen LogP contribution in [-0.4, -0.2) is 11.4 Å². The molecule has 0 saturated carbocycles. The molecule has 1 aromatic carbocycles. The first kappa shape index (κ1) is 11.0. The summed E-state index contributed by atoms with van der Waals surface area (Å²) in [5.41, 5.74) is 1.40. The number of hydrogen-bond donors (Lipinski definition) is 0. The van der Waals surface area contributed by atoms with Gasteiger partial charge in [-0.05, 0) is 25.3 Å². The number of ether oxygens (including phenoxy) is 1. The van der Waals surface area contributed by atoms with E-state index in [1.165, 1.54) is 24.8 Å². The van der Waals surface area contributed by atoms with Gasteiger partial charge < -0.3 is 4.74 Å². The summed E-state index contributed by atoms with van der Waals surface area (Å²) in [7, 11) is 0. The first-order valence-corrected chi connectivity index (χ1v) is 6.58. The van der Waals surface area contributed by atoms with Crippen LogP contribution in [0.25, 0.3) is 0 Å². The smallest absolute Gasteiger partial charge is 0.122 e. The molecule has 0 aliphatic carbocycles. The van der Waals surface area contributed by atoms with Crippen molar-refractivity contribution in [2.75, 3.05) is 6.61 Å². The molecule has 0 fully saturated rings. The largest absolute Gasteiger partial charge is 0.493 e. The van der Waals surface area contributed by atoms with Crippen molar-refractivity contribution in [3.8, 4) is 5.75 Å². The molecule has 0 radical (unpaired) electrons. The van der Waals surface area contributed by atoms with Crippen molar-refractivity contribution >= 4 is 15.9 Å². The van der Waals surface area contributed by atoms with Gasteiger partial charge in [0.2, 0.25) is 0 Å². The van der Waals surface area contributed by atoms with Crippen molar-refractivity contribution < 1.29 is 4.74 Å². The van der Waals surface area contributed by atoms with Crippen LogP contribution in [0.4, 0.5) is 0 Å². The maximum atomic E-state index is 5.66. The minimum Gasteiger partial charge on any atom is -0.493 e. The minimum atomic E-state index is 0.604. The van der Waals surface area contributed by atoms with Crippen LogP contribution in [0.15, 0.2) is 24.3 Å². The SMILES string of the molecule is CCC(Br)CCC1COc2ccccc21. The van der Waals surface area contributed by atoms with E-state index in [1.54, 1.807) is 0 Å². The molecule has 1 aromatic rings. The normalized spacial score (nSPS) is 20.8. The molecular formula is C13H17BrO. The average Bonchev–Trinajstić information content (AvgIpc) is 2.69. The number of fused-ring (bicyclic) bond motifs is 1. The highest BCUT2D eigenvalue weighted by atomic mass is 79.9. The molecule has 82 valence electrons. The Labute approximate surface area is 100.0 Å². The zero-order chi connectivity index (χ0) is 10.7. The average molecular weight is 269 g/mol. The van der Waals surface area contributed by atoms with E-state index in [0.717, 1.165) is 12.4 Å². The summed E-state index contributed by atoms with van der Waals surface area (Å²) in [5, 5.41) is 0. The molecule has 1 aliphatic heterocycles. The Balaban J connectivity index is 1.96. The summed E-state index contributed by atoms with van der Waals surface area (Å²) in [6.07, 6.45) is 3.66. The summed E-state index contributed by atoms with van der Waals surface area (Å²) >= 11 is 3.68. The fourth-order valence-electron chi connectivity index (χ4n) is 2.05. The first-order chi connectivity index (χ1) is 7.31. The van der Waals surface area contributed by atoms with Crippen molar-refractivity contribution in [3.05, 3.63) is 29.8 Å². The van der Waals surface area contributed by atoms with Crippen LogP contribution in [0, 0.1) is 0 Å². The quantitative estimate of drug-likeness (QED) is 0.747. The molecule has 2 atom stereocenters. The molecule has 1 heterocycles. The summed E-state index contributed by atoms with van der Waals surface area (Å²) < 4.78 is 5.66. The summed E-state index contributed by atoms with van der Waals surface area (Å²) in [6, 6.07) is 8.41. The van der Waals surface area contributed by atoms with Crippen LogP contribution < -0.4 is 4.74 Å². The minimum absolute atomic E-state index is 0.604. The first-order valence-electron chi connectivity index (χ1n) is 5.67. The van der Waals surface area contributed by atoms with Gasteiger partial charge in [-0.15, -0.1) is 0 Å². The highest BCUT2D eigenvalue weighted by Gasteiger charge is 2.23. The predicted octanol–water partition coefficient (Wildman–Crippen LogP) is 4.12. The summed E-state index contributed by atoms with van der Waals surface area (Å²) in [4.78, 5) is 0.658. The number of halogens is 1. The van der Waals surface area contributed by atoms with Crippen molar-refractivity contribution in [1.29, 1.82) is 0 Å². The number of alkyl halides is 1. The molecule has 1 nitrogen and oxygen atoms in total. The highest BCUT2D eigenvalue weighted by molar-refractivity contribution is 9.09. The van der Waals surface area contributed by atoms with E-state index in [4.69, 9.17) is 4.74 Å². The van der Waals surface area contributed by atoms with Crippen LogP contribution in [-0.2, 0) is 0 Å². The molecule has 0 saturated heterocycles. The summed E-state index contributed by atoms with van der Waals surface area (Å²) in [5.74, 6) is 1.69. The number of hydrogen-bond acceptors (Lipinski definition) is 1. The lowest BCUT2D eigenvalue weighted by molar-refractivity contribution is 0.323. The molecule has 0 N–H and O–H groups in total. The Hall–Kier alpha value is -0.500. The van der Waals surface area contributed by atoms with Gasteiger partial charge in [0, 0.05) is 16.3 Å². The third-order valence-electron chi connectivity index (χ3n) is 3.07. The molecule has 0 bridgehead atoms. The van der Waals surface area contributed by atoms with Crippen LogP contribution >= 0.6 is 15.9 Å². The topological polar surface area (TPSA) is 9.23 Å². The molecule has 2 rings (SSSR count). The lowest BCUT2D eigenvalue weighted by Gasteiger charge is -2.11. The second-order valence-corrected chi connectivity index (χ2v) is 5.42. The lowest BCUT2D eigenvalue weighted by atomic mass is 9.95. The molecular weight excluding hydrogens is 252 g/mol. The Morgan fingerprint density at radius 2 is 2.27 bits per heavy atom. The monoisotopic (exact) mass is 268 g/mol. The lowest BCUT2D eigenvalue weighted by Crippen LogP contribution is -2.04. The second-order valence-electron chi connectivity index (χ2n) is 4.13.